The van der Waals surface area contributed by atoms with Crippen LogP contribution in [0.25, 0.3) is 0 Å². The number of hydrogen-bond donors (Lipinski definition) is 5. The molecule has 0 aliphatic heterocycles. The number of rotatable bonds is 11. The van der Waals surface area contributed by atoms with Gasteiger partial charge in [-0.25, -0.2) is 4.79 Å². The number of carbonyl (C=O) groups is 4. The van der Waals surface area contributed by atoms with Gasteiger partial charge in [-0.2, -0.15) is 0 Å². The number of ether oxygens (including phenoxy) is 2. The molecule has 0 saturated heterocycles. The smallest absolute Gasteiger partial charge is 0.407 e. The highest BCUT2D eigenvalue weighted by atomic mass is 16.5. The van der Waals surface area contributed by atoms with E-state index in [1.165, 1.54) is 14.0 Å². The fourth-order valence-electron chi connectivity index (χ4n) is 1.74. The van der Waals surface area contributed by atoms with E-state index in [1.807, 2.05) is 0 Å². The molecule has 0 bridgehead atoms. The third-order valence-corrected chi connectivity index (χ3v) is 3.19. The molecule has 0 unspecified atom stereocenters. The van der Waals surface area contributed by atoms with Crippen molar-refractivity contribution in [1.29, 1.82) is 0 Å². The maximum Gasteiger partial charge on any atom is 0.407 e. The Bertz CT molecular complexity index is 485. The molecule has 0 aromatic rings. The predicted octanol–water partition coefficient (Wildman–Crippen LogP) is -1.93. The van der Waals surface area contributed by atoms with E-state index in [0.717, 1.165) is 0 Å². The zero-order valence-electron chi connectivity index (χ0n) is 15.5. The number of carbonyl (C=O) groups excluding carboxylic acids is 4. The summed E-state index contributed by atoms with van der Waals surface area (Å²) in [5.74, 6) is -1.82. The van der Waals surface area contributed by atoms with Gasteiger partial charge in [0.1, 0.15) is 18.8 Å². The summed E-state index contributed by atoms with van der Waals surface area (Å²) in [7, 11) is 1.18. The Kier molecular flexibility index (Phi) is 11.7. The van der Waals surface area contributed by atoms with Gasteiger partial charge in [-0.3, -0.25) is 14.4 Å². The summed E-state index contributed by atoms with van der Waals surface area (Å²) in [4.78, 5) is 46.9. The molecule has 0 aromatic carbocycles. The van der Waals surface area contributed by atoms with E-state index in [9.17, 15) is 19.2 Å². The maximum absolute atomic E-state index is 12.2. The average Bonchev–Trinajstić information content (AvgIpc) is 2.60. The molecular formula is C15H28N4O7. The van der Waals surface area contributed by atoms with E-state index < -0.39 is 35.9 Å². The van der Waals surface area contributed by atoms with Crippen LogP contribution < -0.4 is 21.3 Å². The van der Waals surface area contributed by atoms with Crippen LogP contribution in [-0.4, -0.2) is 74.6 Å². The molecule has 11 nitrogen and oxygen atoms in total. The fraction of sp³-hybridized carbons (Fsp3) is 0.733. The first-order valence-corrected chi connectivity index (χ1v) is 8.10. The zero-order valence-corrected chi connectivity index (χ0v) is 15.5. The molecule has 0 rings (SSSR count). The molecular weight excluding hydrogens is 348 g/mol. The van der Waals surface area contributed by atoms with Gasteiger partial charge in [-0.05, 0) is 12.8 Å². The largest absolute Gasteiger partial charge is 0.453 e. The van der Waals surface area contributed by atoms with Gasteiger partial charge in [0, 0.05) is 0 Å². The van der Waals surface area contributed by atoms with Crippen LogP contribution in [-0.2, 0) is 23.9 Å². The van der Waals surface area contributed by atoms with Crippen molar-refractivity contribution in [3.05, 3.63) is 0 Å². The molecule has 0 aliphatic carbocycles. The molecule has 0 aliphatic rings. The first kappa shape index (κ1) is 23.6. The highest BCUT2D eigenvalue weighted by Crippen LogP contribution is 2.03. The molecule has 0 saturated carbocycles. The van der Waals surface area contributed by atoms with Crippen molar-refractivity contribution >= 4 is 23.8 Å². The molecule has 0 aromatic heterocycles. The summed E-state index contributed by atoms with van der Waals surface area (Å²) in [5.41, 5.74) is 0. The Hall–Kier alpha value is -2.40. The minimum absolute atomic E-state index is 0.0865. The lowest BCUT2D eigenvalue weighted by atomic mass is 10.0. The summed E-state index contributed by atoms with van der Waals surface area (Å²) in [6.07, 6.45) is -0.754. The summed E-state index contributed by atoms with van der Waals surface area (Å²) in [6.45, 7) is 4.46. The van der Waals surface area contributed by atoms with Crippen LogP contribution in [0.2, 0.25) is 0 Å². The van der Waals surface area contributed by atoms with Crippen molar-refractivity contribution in [2.75, 3.05) is 33.6 Å². The summed E-state index contributed by atoms with van der Waals surface area (Å²) < 4.78 is 9.32. The van der Waals surface area contributed by atoms with Crippen LogP contribution in [0.4, 0.5) is 4.79 Å². The number of aliphatic hydroxyl groups excluding tert-OH is 1. The standard InChI is InChI=1S/C15H28N4O7/c1-9(2)12(19-15(24)25-4)14(23)18-10(3)13(22)16-7-11(21)17-8-26-6-5-20/h9-10,12,20H,5-8H2,1-4H3,(H,16,22)(H,17,21)(H,18,23)(H,19,24)/t10-,12-/m0/s1. The minimum Gasteiger partial charge on any atom is -0.453 e. The van der Waals surface area contributed by atoms with Crippen molar-refractivity contribution in [1.82, 2.24) is 21.3 Å². The van der Waals surface area contributed by atoms with E-state index in [0.29, 0.717) is 0 Å². The Morgan fingerprint density at radius 1 is 1.00 bits per heavy atom. The van der Waals surface area contributed by atoms with Crippen LogP contribution in [0.15, 0.2) is 0 Å². The first-order valence-electron chi connectivity index (χ1n) is 8.10. The fourth-order valence-corrected chi connectivity index (χ4v) is 1.74. The monoisotopic (exact) mass is 376 g/mol. The van der Waals surface area contributed by atoms with Crippen molar-refractivity contribution in [3.63, 3.8) is 0 Å². The van der Waals surface area contributed by atoms with Gasteiger partial charge in [-0.1, -0.05) is 13.8 Å². The van der Waals surface area contributed by atoms with Crippen molar-refractivity contribution in [2.24, 2.45) is 5.92 Å². The highest BCUT2D eigenvalue weighted by molar-refractivity contribution is 5.92. The average molecular weight is 376 g/mol. The lowest BCUT2D eigenvalue weighted by Crippen LogP contribution is -2.55. The Labute approximate surface area is 152 Å². The highest BCUT2D eigenvalue weighted by Gasteiger charge is 2.27. The summed E-state index contributed by atoms with van der Waals surface area (Å²) >= 11 is 0. The van der Waals surface area contributed by atoms with Gasteiger partial charge in [0.2, 0.25) is 17.7 Å². The second-order valence-corrected chi connectivity index (χ2v) is 5.68. The predicted molar refractivity (Wildman–Crippen MR) is 90.8 cm³/mol. The molecule has 0 heterocycles. The number of methoxy groups -OCH3 is 1. The molecule has 11 heteroatoms. The second-order valence-electron chi connectivity index (χ2n) is 5.68. The number of amides is 4. The molecule has 5 N–H and O–H groups in total. The van der Waals surface area contributed by atoms with E-state index >= 15 is 0 Å². The lowest BCUT2D eigenvalue weighted by Gasteiger charge is -2.23. The lowest BCUT2D eigenvalue weighted by molar-refractivity contribution is -0.131. The van der Waals surface area contributed by atoms with Crippen molar-refractivity contribution in [3.8, 4) is 0 Å². The molecule has 0 fully saturated rings. The van der Waals surface area contributed by atoms with E-state index in [2.05, 4.69) is 26.0 Å². The quantitative estimate of drug-likeness (QED) is 0.208. The summed E-state index contributed by atoms with van der Waals surface area (Å²) in [6, 6.07) is -1.79. The van der Waals surface area contributed by atoms with Crippen LogP contribution in [0.5, 0.6) is 0 Å². The molecule has 0 radical (unpaired) electrons. The van der Waals surface area contributed by atoms with Crippen LogP contribution in [0.1, 0.15) is 20.8 Å². The van der Waals surface area contributed by atoms with Crippen LogP contribution in [0.3, 0.4) is 0 Å². The minimum atomic E-state index is -0.915. The van der Waals surface area contributed by atoms with Gasteiger partial charge in [-0.15, -0.1) is 0 Å². The second kappa shape index (κ2) is 12.9. The third-order valence-electron chi connectivity index (χ3n) is 3.19. The zero-order chi connectivity index (χ0) is 20.1. The summed E-state index contributed by atoms with van der Waals surface area (Å²) in [5, 5.41) is 18.1. The molecule has 2 atom stereocenters. The van der Waals surface area contributed by atoms with Crippen molar-refractivity contribution in [2.45, 2.75) is 32.9 Å². The molecule has 0 spiro atoms. The topological polar surface area (TPSA) is 155 Å². The van der Waals surface area contributed by atoms with Crippen LogP contribution >= 0.6 is 0 Å². The van der Waals surface area contributed by atoms with Crippen LogP contribution in [0, 0.1) is 5.92 Å². The van der Waals surface area contributed by atoms with E-state index in [1.54, 1.807) is 13.8 Å². The van der Waals surface area contributed by atoms with Gasteiger partial charge >= 0.3 is 6.09 Å². The van der Waals surface area contributed by atoms with Crippen molar-refractivity contribution < 1.29 is 33.8 Å². The number of alkyl carbamates (subject to hydrolysis) is 1. The van der Waals surface area contributed by atoms with Gasteiger partial charge in [0.25, 0.3) is 0 Å². The van der Waals surface area contributed by atoms with Gasteiger partial charge in [0.05, 0.1) is 26.9 Å². The SMILES string of the molecule is COC(=O)N[C@H](C(=O)N[C@@H](C)C(=O)NCC(=O)NCOCCO)C(C)C. The number of hydrogen-bond acceptors (Lipinski definition) is 7. The maximum atomic E-state index is 12.2. The normalized spacial score (nSPS) is 12.7. The molecule has 4 amide bonds. The van der Waals surface area contributed by atoms with E-state index in [4.69, 9.17) is 9.84 Å². The number of nitrogens with one attached hydrogen (secondary N) is 4. The first-order chi connectivity index (χ1) is 12.2. The Morgan fingerprint density at radius 3 is 2.19 bits per heavy atom. The van der Waals surface area contributed by atoms with E-state index in [-0.39, 0.29) is 32.4 Å². The van der Waals surface area contributed by atoms with Gasteiger partial charge < -0.3 is 35.8 Å². The van der Waals surface area contributed by atoms with Gasteiger partial charge in [0.15, 0.2) is 0 Å². The molecule has 26 heavy (non-hydrogen) atoms. The number of aliphatic hydroxyl groups is 1. The Balaban J connectivity index is 4.35. The molecule has 150 valence electrons. The Morgan fingerprint density at radius 2 is 1.65 bits per heavy atom. The third kappa shape index (κ3) is 9.79.